The van der Waals surface area contributed by atoms with E-state index >= 15 is 0 Å². The van der Waals surface area contributed by atoms with Crippen LogP contribution in [0.3, 0.4) is 0 Å². The van der Waals surface area contributed by atoms with Gasteiger partial charge in [-0.3, -0.25) is 0 Å². The van der Waals surface area contributed by atoms with Crippen LogP contribution in [0.25, 0.3) is 0 Å². The molecule has 0 heterocycles. The zero-order chi connectivity index (χ0) is 11.6. The average molecular weight is 218 g/mol. The van der Waals surface area contributed by atoms with E-state index in [2.05, 4.69) is 44.2 Å². The number of unbranched alkanes of at least 4 members (excludes halogenated alkanes) is 2. The first-order valence-electron chi connectivity index (χ1n) is 6.87. The molecule has 0 bridgehead atoms. The Labute approximate surface area is 101 Å². The lowest BCUT2D eigenvalue weighted by molar-refractivity contribution is 0.449. The fourth-order valence-corrected chi connectivity index (χ4v) is 2.16. The zero-order valence-corrected chi connectivity index (χ0v) is 10.9. The van der Waals surface area contributed by atoms with Gasteiger partial charge in [0.1, 0.15) is 0 Å². The molecule has 0 aliphatic carbocycles. The van der Waals surface area contributed by atoms with Crippen LogP contribution in [0.1, 0.15) is 57.9 Å². The average Bonchev–Trinajstić information content (AvgIpc) is 2.33. The summed E-state index contributed by atoms with van der Waals surface area (Å²) in [5.41, 5.74) is 1.49. The van der Waals surface area contributed by atoms with Crippen molar-refractivity contribution in [3.63, 3.8) is 0 Å². The van der Waals surface area contributed by atoms with Gasteiger partial charge in [0.15, 0.2) is 0 Å². The van der Waals surface area contributed by atoms with Gasteiger partial charge in [-0.2, -0.15) is 0 Å². The van der Waals surface area contributed by atoms with Crippen LogP contribution in [0.5, 0.6) is 0 Å². The number of hydrogen-bond donors (Lipinski definition) is 0. The van der Waals surface area contributed by atoms with Crippen molar-refractivity contribution in [1.29, 1.82) is 0 Å². The maximum Gasteiger partial charge on any atom is -0.0279 e. The summed E-state index contributed by atoms with van der Waals surface area (Å²) >= 11 is 0. The van der Waals surface area contributed by atoms with Crippen LogP contribution in [0.15, 0.2) is 30.3 Å². The van der Waals surface area contributed by atoms with Gasteiger partial charge in [0.2, 0.25) is 0 Å². The van der Waals surface area contributed by atoms with E-state index < -0.39 is 0 Å². The van der Waals surface area contributed by atoms with Crippen molar-refractivity contribution in [3.8, 4) is 0 Å². The summed E-state index contributed by atoms with van der Waals surface area (Å²) < 4.78 is 0. The van der Waals surface area contributed by atoms with E-state index in [1.165, 1.54) is 50.5 Å². The lowest BCUT2D eigenvalue weighted by atomic mass is 9.96. The predicted molar refractivity (Wildman–Crippen MR) is 72.7 cm³/mol. The quantitative estimate of drug-likeness (QED) is 0.524. The maximum atomic E-state index is 2.40. The molecular weight excluding hydrogens is 192 g/mol. The van der Waals surface area contributed by atoms with Crippen molar-refractivity contribution >= 4 is 0 Å². The van der Waals surface area contributed by atoms with Crippen LogP contribution in [-0.4, -0.2) is 0 Å². The molecule has 0 fully saturated rings. The second-order valence-electron chi connectivity index (χ2n) is 4.98. The highest BCUT2D eigenvalue weighted by Gasteiger charge is 2.01. The summed E-state index contributed by atoms with van der Waals surface area (Å²) in [6, 6.07) is 10.8. The van der Waals surface area contributed by atoms with Crippen molar-refractivity contribution in [2.45, 2.75) is 58.8 Å². The summed E-state index contributed by atoms with van der Waals surface area (Å²) in [5, 5.41) is 0. The highest BCUT2D eigenvalue weighted by Crippen LogP contribution is 2.16. The van der Waals surface area contributed by atoms with Crippen LogP contribution in [-0.2, 0) is 6.42 Å². The lowest BCUT2D eigenvalue weighted by Crippen LogP contribution is -1.95. The molecule has 0 N–H and O–H groups in total. The standard InChI is InChI=1S/C16H26/c1-3-4-10-15(2)11-8-9-14-16-12-6-5-7-13-16/h5-7,12-13,15H,3-4,8-11,14H2,1-2H3. The van der Waals surface area contributed by atoms with Gasteiger partial charge in [-0.1, -0.05) is 76.3 Å². The Balaban J connectivity index is 2.03. The SMILES string of the molecule is CCCCC(C)CCCCc1ccccc1. The highest BCUT2D eigenvalue weighted by atomic mass is 14.1. The predicted octanol–water partition coefficient (Wildman–Crippen LogP) is 5.23. The van der Waals surface area contributed by atoms with Gasteiger partial charge in [-0.15, -0.1) is 0 Å². The number of benzene rings is 1. The van der Waals surface area contributed by atoms with E-state index in [4.69, 9.17) is 0 Å². The smallest absolute Gasteiger partial charge is 0.0279 e. The monoisotopic (exact) mass is 218 g/mol. The van der Waals surface area contributed by atoms with Gasteiger partial charge < -0.3 is 0 Å². The van der Waals surface area contributed by atoms with Crippen LogP contribution in [0.4, 0.5) is 0 Å². The first-order valence-corrected chi connectivity index (χ1v) is 6.87. The van der Waals surface area contributed by atoms with E-state index in [1.807, 2.05) is 0 Å². The van der Waals surface area contributed by atoms with Crippen molar-refractivity contribution in [3.05, 3.63) is 35.9 Å². The molecule has 0 spiro atoms. The molecule has 0 saturated carbocycles. The van der Waals surface area contributed by atoms with E-state index in [1.54, 1.807) is 0 Å². The number of aryl methyl sites for hydroxylation is 1. The third-order valence-electron chi connectivity index (χ3n) is 3.31. The van der Waals surface area contributed by atoms with E-state index in [9.17, 15) is 0 Å². The van der Waals surface area contributed by atoms with Gasteiger partial charge in [0.25, 0.3) is 0 Å². The Morgan fingerprint density at radius 2 is 1.62 bits per heavy atom. The Kier molecular flexibility index (Phi) is 6.96. The van der Waals surface area contributed by atoms with Gasteiger partial charge in [-0.25, -0.2) is 0 Å². The summed E-state index contributed by atoms with van der Waals surface area (Å²) in [5.74, 6) is 0.927. The Morgan fingerprint density at radius 1 is 0.938 bits per heavy atom. The van der Waals surface area contributed by atoms with Crippen molar-refractivity contribution in [1.82, 2.24) is 0 Å². The minimum atomic E-state index is 0.927. The second kappa shape index (κ2) is 8.38. The van der Waals surface area contributed by atoms with Gasteiger partial charge in [0, 0.05) is 0 Å². The normalized spacial score (nSPS) is 12.6. The van der Waals surface area contributed by atoms with Crippen molar-refractivity contribution < 1.29 is 0 Å². The van der Waals surface area contributed by atoms with Crippen molar-refractivity contribution in [2.24, 2.45) is 5.92 Å². The molecule has 0 saturated heterocycles. The van der Waals surface area contributed by atoms with Gasteiger partial charge in [0.05, 0.1) is 0 Å². The molecule has 1 aromatic carbocycles. The molecular formula is C16H26. The third kappa shape index (κ3) is 5.95. The van der Waals surface area contributed by atoms with Gasteiger partial charge >= 0.3 is 0 Å². The molecule has 0 aromatic heterocycles. The molecule has 16 heavy (non-hydrogen) atoms. The molecule has 1 unspecified atom stereocenters. The maximum absolute atomic E-state index is 2.40. The molecule has 1 aromatic rings. The Hall–Kier alpha value is -0.780. The molecule has 0 radical (unpaired) electrons. The molecule has 0 heteroatoms. The fraction of sp³-hybridized carbons (Fsp3) is 0.625. The number of rotatable bonds is 8. The Morgan fingerprint density at radius 3 is 2.31 bits per heavy atom. The largest absolute Gasteiger partial charge is 0.0654 e. The van der Waals surface area contributed by atoms with Crippen LogP contribution < -0.4 is 0 Å². The van der Waals surface area contributed by atoms with E-state index in [0.29, 0.717) is 0 Å². The van der Waals surface area contributed by atoms with Crippen LogP contribution in [0, 0.1) is 5.92 Å². The lowest BCUT2D eigenvalue weighted by Gasteiger charge is -2.10. The molecule has 0 amide bonds. The van der Waals surface area contributed by atoms with Crippen LogP contribution >= 0.6 is 0 Å². The topological polar surface area (TPSA) is 0 Å². The summed E-state index contributed by atoms with van der Waals surface area (Å²) in [7, 11) is 0. The third-order valence-corrected chi connectivity index (χ3v) is 3.31. The number of hydrogen-bond acceptors (Lipinski definition) is 0. The van der Waals surface area contributed by atoms with E-state index in [-0.39, 0.29) is 0 Å². The molecule has 0 nitrogen and oxygen atoms in total. The van der Waals surface area contributed by atoms with Crippen LogP contribution in [0.2, 0.25) is 0 Å². The molecule has 1 rings (SSSR count). The zero-order valence-electron chi connectivity index (χ0n) is 10.9. The molecule has 0 aliphatic heterocycles. The van der Waals surface area contributed by atoms with Gasteiger partial charge in [-0.05, 0) is 24.3 Å². The summed E-state index contributed by atoms with van der Waals surface area (Å²) in [6.45, 7) is 4.68. The highest BCUT2D eigenvalue weighted by molar-refractivity contribution is 5.14. The minimum Gasteiger partial charge on any atom is -0.0654 e. The van der Waals surface area contributed by atoms with Crippen molar-refractivity contribution in [2.75, 3.05) is 0 Å². The Bertz CT molecular complexity index is 250. The summed E-state index contributed by atoms with van der Waals surface area (Å²) in [4.78, 5) is 0. The summed E-state index contributed by atoms with van der Waals surface area (Å²) in [6.07, 6.45) is 9.56. The molecule has 90 valence electrons. The second-order valence-corrected chi connectivity index (χ2v) is 4.98. The first kappa shape index (κ1) is 13.3. The molecule has 0 aliphatic rings. The molecule has 1 atom stereocenters. The van der Waals surface area contributed by atoms with E-state index in [0.717, 1.165) is 5.92 Å². The fourth-order valence-electron chi connectivity index (χ4n) is 2.16. The first-order chi connectivity index (χ1) is 7.83. The minimum absolute atomic E-state index is 0.927.